The molecule has 26 heavy (non-hydrogen) atoms. The van der Waals surface area contributed by atoms with Gasteiger partial charge in [0.05, 0.1) is 13.2 Å². The average Bonchev–Trinajstić information content (AvgIpc) is 2.64. The Kier molecular flexibility index (Phi) is 5.77. The number of aromatic hydroxyl groups is 1. The Morgan fingerprint density at radius 2 is 1.50 bits per heavy atom. The zero-order valence-corrected chi connectivity index (χ0v) is 15.9. The predicted octanol–water partition coefficient (Wildman–Crippen LogP) is 5.90. The van der Waals surface area contributed by atoms with E-state index in [2.05, 4.69) is 0 Å². The standard InChI is InChI=1S/C21H23O4P/c1-3-24-26(23,25-4-2)21(19-11-7-8-12-20(19)22)18-14-13-16-9-5-6-10-17(16)15-18/h5-15,21-22H,3-4H2,1-2H3. The Morgan fingerprint density at radius 3 is 2.15 bits per heavy atom. The molecule has 1 atom stereocenters. The third-order valence-corrected chi connectivity index (χ3v) is 6.70. The van der Waals surface area contributed by atoms with Gasteiger partial charge in [-0.15, -0.1) is 0 Å². The van der Waals surface area contributed by atoms with Gasteiger partial charge in [-0.1, -0.05) is 54.6 Å². The summed E-state index contributed by atoms with van der Waals surface area (Å²) in [4.78, 5) is 0. The summed E-state index contributed by atoms with van der Waals surface area (Å²) in [7, 11) is -3.54. The first kappa shape index (κ1) is 18.7. The van der Waals surface area contributed by atoms with Crippen LogP contribution in [0.5, 0.6) is 5.75 Å². The lowest BCUT2D eigenvalue weighted by Crippen LogP contribution is -2.09. The zero-order chi connectivity index (χ0) is 18.6. The molecule has 0 amide bonds. The van der Waals surface area contributed by atoms with Gasteiger partial charge in [-0.25, -0.2) is 0 Å². The molecule has 0 aromatic heterocycles. The van der Waals surface area contributed by atoms with Crippen molar-refractivity contribution in [2.45, 2.75) is 19.5 Å². The zero-order valence-electron chi connectivity index (χ0n) is 15.0. The van der Waals surface area contributed by atoms with Gasteiger partial charge in [0.2, 0.25) is 0 Å². The molecule has 0 aliphatic rings. The van der Waals surface area contributed by atoms with E-state index in [1.165, 1.54) is 0 Å². The molecular formula is C21H23O4P. The first-order valence-electron chi connectivity index (χ1n) is 8.74. The molecule has 0 spiro atoms. The van der Waals surface area contributed by atoms with Crippen LogP contribution in [0.15, 0.2) is 66.7 Å². The van der Waals surface area contributed by atoms with E-state index in [-0.39, 0.29) is 19.0 Å². The van der Waals surface area contributed by atoms with E-state index in [1.807, 2.05) is 48.5 Å². The summed E-state index contributed by atoms with van der Waals surface area (Å²) in [6.07, 6.45) is 0. The van der Waals surface area contributed by atoms with Crippen LogP contribution in [0.3, 0.4) is 0 Å². The summed E-state index contributed by atoms with van der Waals surface area (Å²) in [6.45, 7) is 4.09. The van der Waals surface area contributed by atoms with Gasteiger partial charge in [-0.05, 0) is 42.3 Å². The molecule has 0 saturated heterocycles. The van der Waals surface area contributed by atoms with Crippen LogP contribution in [-0.4, -0.2) is 18.3 Å². The van der Waals surface area contributed by atoms with Crippen molar-refractivity contribution < 1.29 is 18.7 Å². The molecular weight excluding hydrogens is 347 g/mol. The molecule has 3 aromatic rings. The summed E-state index contributed by atoms with van der Waals surface area (Å²) in [5.74, 6) is 0.0743. The minimum Gasteiger partial charge on any atom is -0.508 e. The summed E-state index contributed by atoms with van der Waals surface area (Å²) in [5, 5.41) is 12.5. The third-order valence-electron chi connectivity index (χ3n) is 4.25. The van der Waals surface area contributed by atoms with Crippen LogP contribution in [0.4, 0.5) is 0 Å². The summed E-state index contributed by atoms with van der Waals surface area (Å²) in [5.41, 5.74) is 0.622. The van der Waals surface area contributed by atoms with Gasteiger partial charge in [0, 0.05) is 5.56 Å². The molecule has 4 nitrogen and oxygen atoms in total. The van der Waals surface area contributed by atoms with Crippen LogP contribution in [0.25, 0.3) is 10.8 Å². The normalized spacial score (nSPS) is 13.0. The maximum atomic E-state index is 13.6. The number of para-hydroxylation sites is 1. The summed E-state index contributed by atoms with van der Waals surface area (Å²) >= 11 is 0. The van der Waals surface area contributed by atoms with Crippen LogP contribution in [-0.2, 0) is 13.6 Å². The monoisotopic (exact) mass is 370 g/mol. The number of phenolic OH excluding ortho intramolecular Hbond substituents is 1. The third kappa shape index (κ3) is 3.68. The number of benzene rings is 3. The van der Waals surface area contributed by atoms with Crippen molar-refractivity contribution in [2.75, 3.05) is 13.2 Å². The average molecular weight is 370 g/mol. The Labute approximate surface area is 153 Å². The van der Waals surface area contributed by atoms with Crippen molar-refractivity contribution in [3.05, 3.63) is 77.9 Å². The number of fused-ring (bicyclic) bond motifs is 1. The van der Waals surface area contributed by atoms with E-state index in [9.17, 15) is 9.67 Å². The molecule has 0 radical (unpaired) electrons. The second-order valence-corrected chi connectivity index (χ2v) is 8.06. The molecule has 0 aliphatic heterocycles. The van der Waals surface area contributed by atoms with E-state index < -0.39 is 13.3 Å². The second kappa shape index (κ2) is 8.05. The molecule has 0 saturated carbocycles. The van der Waals surface area contributed by atoms with E-state index >= 15 is 0 Å². The van der Waals surface area contributed by atoms with Gasteiger partial charge in [-0.3, -0.25) is 4.57 Å². The molecule has 0 fully saturated rings. The van der Waals surface area contributed by atoms with Crippen LogP contribution in [0.2, 0.25) is 0 Å². The highest BCUT2D eigenvalue weighted by atomic mass is 31.2. The van der Waals surface area contributed by atoms with Crippen LogP contribution in [0.1, 0.15) is 30.6 Å². The van der Waals surface area contributed by atoms with Crippen LogP contribution in [0, 0.1) is 0 Å². The number of hydrogen-bond acceptors (Lipinski definition) is 4. The van der Waals surface area contributed by atoms with Crippen molar-refractivity contribution in [3.8, 4) is 5.75 Å². The molecule has 1 unspecified atom stereocenters. The molecule has 0 aliphatic carbocycles. The Morgan fingerprint density at radius 1 is 0.885 bits per heavy atom. The highest BCUT2D eigenvalue weighted by Crippen LogP contribution is 2.64. The lowest BCUT2D eigenvalue weighted by atomic mass is 10.00. The first-order valence-corrected chi connectivity index (χ1v) is 10.4. The molecule has 1 N–H and O–H groups in total. The van der Waals surface area contributed by atoms with Crippen molar-refractivity contribution in [3.63, 3.8) is 0 Å². The van der Waals surface area contributed by atoms with E-state index in [4.69, 9.17) is 9.05 Å². The van der Waals surface area contributed by atoms with Gasteiger partial charge in [0.1, 0.15) is 11.4 Å². The fraction of sp³-hybridized carbons (Fsp3) is 0.238. The fourth-order valence-corrected chi connectivity index (χ4v) is 5.35. The van der Waals surface area contributed by atoms with Gasteiger partial charge < -0.3 is 14.2 Å². The first-order chi connectivity index (χ1) is 12.6. The Hall–Kier alpha value is -2.13. The number of rotatable bonds is 7. The number of phenols is 1. The molecule has 3 aromatic carbocycles. The molecule has 0 bridgehead atoms. The lowest BCUT2D eigenvalue weighted by molar-refractivity contribution is 0.214. The summed E-state index contributed by atoms with van der Waals surface area (Å²) < 4.78 is 24.9. The van der Waals surface area contributed by atoms with E-state index in [0.29, 0.717) is 5.56 Å². The van der Waals surface area contributed by atoms with Gasteiger partial charge in [-0.2, -0.15) is 0 Å². The molecule has 5 heteroatoms. The fourth-order valence-electron chi connectivity index (χ4n) is 3.18. The van der Waals surface area contributed by atoms with E-state index in [1.54, 1.807) is 32.0 Å². The van der Waals surface area contributed by atoms with Crippen LogP contribution >= 0.6 is 7.60 Å². The predicted molar refractivity (Wildman–Crippen MR) is 105 cm³/mol. The molecule has 3 rings (SSSR count). The maximum Gasteiger partial charge on any atom is 0.342 e. The quantitative estimate of drug-likeness (QED) is 0.526. The van der Waals surface area contributed by atoms with Crippen molar-refractivity contribution >= 4 is 18.4 Å². The van der Waals surface area contributed by atoms with Gasteiger partial charge in [0.15, 0.2) is 0 Å². The summed E-state index contributed by atoms with van der Waals surface area (Å²) in [6, 6.07) is 20.8. The lowest BCUT2D eigenvalue weighted by Gasteiger charge is -2.27. The molecule has 0 heterocycles. The smallest absolute Gasteiger partial charge is 0.342 e. The number of hydrogen-bond donors (Lipinski definition) is 1. The largest absolute Gasteiger partial charge is 0.508 e. The second-order valence-electron chi connectivity index (χ2n) is 5.94. The maximum absolute atomic E-state index is 13.6. The van der Waals surface area contributed by atoms with Crippen molar-refractivity contribution in [1.82, 2.24) is 0 Å². The highest BCUT2D eigenvalue weighted by Gasteiger charge is 2.39. The highest BCUT2D eigenvalue weighted by molar-refractivity contribution is 7.54. The van der Waals surface area contributed by atoms with Crippen molar-refractivity contribution in [2.24, 2.45) is 0 Å². The van der Waals surface area contributed by atoms with Crippen molar-refractivity contribution in [1.29, 1.82) is 0 Å². The van der Waals surface area contributed by atoms with Gasteiger partial charge in [0.25, 0.3) is 0 Å². The van der Waals surface area contributed by atoms with Gasteiger partial charge >= 0.3 is 7.60 Å². The minimum absolute atomic E-state index is 0.0743. The van der Waals surface area contributed by atoms with Crippen LogP contribution < -0.4 is 0 Å². The Bertz CT molecular complexity index is 928. The SMILES string of the molecule is CCOP(=O)(OCC)C(c1ccc2ccccc2c1)c1ccccc1O. The molecule has 136 valence electrons. The topological polar surface area (TPSA) is 55.8 Å². The Balaban J connectivity index is 2.22. The van der Waals surface area contributed by atoms with E-state index in [0.717, 1.165) is 16.3 Å². The minimum atomic E-state index is -3.54.